The molecular weight excluding hydrogens is 517 g/mol. The molecule has 4 rings (SSSR count). The fourth-order valence-electron chi connectivity index (χ4n) is 4.49. The van der Waals surface area contributed by atoms with E-state index < -0.39 is 0 Å². The van der Waals surface area contributed by atoms with E-state index >= 15 is 0 Å². The number of nitrogen functional groups attached to an aromatic ring is 1. The molecule has 2 fully saturated rings. The summed E-state index contributed by atoms with van der Waals surface area (Å²) in [6.07, 6.45) is 3.77. The third-order valence-electron chi connectivity index (χ3n) is 6.20. The topological polar surface area (TPSA) is 104 Å². The van der Waals surface area contributed by atoms with Crippen molar-refractivity contribution < 1.29 is 4.74 Å². The highest BCUT2D eigenvalue weighted by Crippen LogP contribution is 2.38. The van der Waals surface area contributed by atoms with E-state index in [4.69, 9.17) is 15.5 Å². The van der Waals surface area contributed by atoms with Crippen LogP contribution in [-0.4, -0.2) is 60.0 Å². The normalized spacial score (nSPS) is 20.4. The Morgan fingerprint density at radius 2 is 2.16 bits per heavy atom. The summed E-state index contributed by atoms with van der Waals surface area (Å²) in [6.45, 7) is 7.38. The van der Waals surface area contributed by atoms with Crippen LogP contribution in [-0.2, 0) is 11.2 Å². The highest BCUT2D eigenvalue weighted by molar-refractivity contribution is 14.0. The van der Waals surface area contributed by atoms with Gasteiger partial charge in [-0.2, -0.15) is 10.4 Å². The lowest BCUT2D eigenvalue weighted by Gasteiger charge is -2.25. The van der Waals surface area contributed by atoms with Gasteiger partial charge in [0.05, 0.1) is 18.0 Å². The zero-order valence-corrected chi connectivity index (χ0v) is 20.9. The first kappa shape index (κ1) is 24.3. The van der Waals surface area contributed by atoms with Crippen molar-refractivity contribution in [2.45, 2.75) is 32.6 Å². The number of aromatic nitrogens is 2. The summed E-state index contributed by atoms with van der Waals surface area (Å²) in [5.41, 5.74) is 8.55. The first-order valence-electron chi connectivity index (χ1n) is 11.1. The molecule has 172 valence electrons. The van der Waals surface area contributed by atoms with E-state index in [0.717, 1.165) is 63.0 Å². The van der Waals surface area contributed by atoms with Gasteiger partial charge in [0.15, 0.2) is 5.96 Å². The van der Waals surface area contributed by atoms with Crippen molar-refractivity contribution in [2.24, 2.45) is 10.4 Å². The molecule has 2 aromatic rings. The Kier molecular flexibility index (Phi) is 8.37. The Labute approximate surface area is 206 Å². The molecule has 2 aliphatic heterocycles. The Balaban J connectivity index is 0.00000289. The van der Waals surface area contributed by atoms with Crippen LogP contribution in [0, 0.1) is 16.7 Å². The van der Waals surface area contributed by atoms with Crippen LogP contribution < -0.4 is 11.1 Å². The zero-order chi connectivity index (χ0) is 21.7. The molecule has 0 aliphatic carbocycles. The van der Waals surface area contributed by atoms with Gasteiger partial charge in [-0.15, -0.1) is 24.0 Å². The second-order valence-electron chi connectivity index (χ2n) is 8.38. The summed E-state index contributed by atoms with van der Waals surface area (Å²) in [6, 6.07) is 11.9. The molecule has 3 heterocycles. The number of anilines is 1. The van der Waals surface area contributed by atoms with Crippen LogP contribution in [0.2, 0.25) is 0 Å². The van der Waals surface area contributed by atoms with Gasteiger partial charge in [0.2, 0.25) is 0 Å². The first-order chi connectivity index (χ1) is 15.2. The first-order valence-corrected chi connectivity index (χ1v) is 11.1. The standard InChI is InChI=1S/C23H31N7O.HI/c1-2-26-22(29-13-10-23(16-29)11-14-31-17-23)27-12-6-9-20-19(15-24)21(25)30(28-20)18-7-4-3-5-8-18;/h3-5,7-8H,2,6,9-14,16-17,25H2,1H3,(H,26,27);1H. The monoisotopic (exact) mass is 549 g/mol. The van der Waals surface area contributed by atoms with Gasteiger partial charge in [0.25, 0.3) is 0 Å². The van der Waals surface area contributed by atoms with Crippen LogP contribution >= 0.6 is 24.0 Å². The fourth-order valence-corrected chi connectivity index (χ4v) is 4.49. The fraction of sp³-hybridized carbons (Fsp3) is 0.522. The largest absolute Gasteiger partial charge is 0.382 e. The number of nitrogens with zero attached hydrogens (tertiary/aromatic N) is 5. The molecule has 1 atom stereocenters. The number of rotatable bonds is 6. The number of benzene rings is 1. The average Bonchev–Trinajstić information content (AvgIpc) is 3.51. The molecular formula is C23H32IN7O. The second kappa shape index (κ2) is 11.0. The number of nitrogens with two attached hydrogens (primary N) is 1. The van der Waals surface area contributed by atoms with Crippen LogP contribution in [0.5, 0.6) is 0 Å². The number of nitriles is 1. The molecule has 9 heteroatoms. The lowest BCUT2D eigenvalue weighted by molar-refractivity contribution is 0.156. The summed E-state index contributed by atoms with van der Waals surface area (Å²) < 4.78 is 7.30. The molecule has 1 spiro atoms. The SMILES string of the molecule is CCNC(=NCCCc1nn(-c2ccccc2)c(N)c1C#N)N1CCC2(CCOC2)C1.I. The van der Waals surface area contributed by atoms with Crippen molar-refractivity contribution in [3.8, 4) is 11.8 Å². The van der Waals surface area contributed by atoms with Crippen molar-refractivity contribution in [3.05, 3.63) is 41.6 Å². The number of hydrogen-bond acceptors (Lipinski definition) is 5. The molecule has 1 unspecified atom stereocenters. The molecule has 8 nitrogen and oxygen atoms in total. The number of ether oxygens (including phenoxy) is 1. The van der Waals surface area contributed by atoms with E-state index in [0.29, 0.717) is 29.8 Å². The molecule has 2 saturated heterocycles. The maximum Gasteiger partial charge on any atom is 0.193 e. The van der Waals surface area contributed by atoms with E-state index in [1.54, 1.807) is 4.68 Å². The maximum atomic E-state index is 9.58. The minimum absolute atomic E-state index is 0. The summed E-state index contributed by atoms with van der Waals surface area (Å²) in [5, 5.41) is 17.6. The van der Waals surface area contributed by atoms with Gasteiger partial charge < -0.3 is 20.7 Å². The van der Waals surface area contributed by atoms with Gasteiger partial charge in [0.1, 0.15) is 17.5 Å². The highest BCUT2D eigenvalue weighted by Gasteiger charge is 2.42. The van der Waals surface area contributed by atoms with Crippen molar-refractivity contribution in [3.63, 3.8) is 0 Å². The highest BCUT2D eigenvalue weighted by atomic mass is 127. The van der Waals surface area contributed by atoms with Gasteiger partial charge in [-0.3, -0.25) is 4.99 Å². The predicted molar refractivity (Wildman–Crippen MR) is 136 cm³/mol. The lowest BCUT2D eigenvalue weighted by atomic mass is 9.87. The Hall–Kier alpha value is -2.32. The maximum absolute atomic E-state index is 9.58. The van der Waals surface area contributed by atoms with Crippen LogP contribution in [0.1, 0.15) is 37.4 Å². The minimum atomic E-state index is 0. The van der Waals surface area contributed by atoms with Crippen LogP contribution in [0.3, 0.4) is 0 Å². The van der Waals surface area contributed by atoms with Crippen LogP contribution in [0.4, 0.5) is 5.82 Å². The van der Waals surface area contributed by atoms with Crippen molar-refractivity contribution >= 4 is 35.8 Å². The van der Waals surface area contributed by atoms with Gasteiger partial charge >= 0.3 is 0 Å². The van der Waals surface area contributed by atoms with E-state index in [1.165, 1.54) is 6.42 Å². The summed E-state index contributed by atoms with van der Waals surface area (Å²) in [7, 11) is 0. The van der Waals surface area contributed by atoms with Gasteiger partial charge in [-0.1, -0.05) is 18.2 Å². The summed E-state index contributed by atoms with van der Waals surface area (Å²) in [4.78, 5) is 7.21. The van der Waals surface area contributed by atoms with Gasteiger partial charge in [-0.05, 0) is 44.7 Å². The molecule has 32 heavy (non-hydrogen) atoms. The van der Waals surface area contributed by atoms with Crippen molar-refractivity contribution in [1.29, 1.82) is 5.26 Å². The third kappa shape index (κ3) is 5.18. The Morgan fingerprint density at radius 3 is 2.84 bits per heavy atom. The van der Waals surface area contributed by atoms with Crippen molar-refractivity contribution in [2.75, 3.05) is 45.1 Å². The number of halogens is 1. The smallest absolute Gasteiger partial charge is 0.193 e. The Morgan fingerprint density at radius 1 is 1.34 bits per heavy atom. The number of aryl methyl sites for hydroxylation is 1. The van der Waals surface area contributed by atoms with Gasteiger partial charge in [-0.25, -0.2) is 4.68 Å². The predicted octanol–water partition coefficient (Wildman–Crippen LogP) is 2.95. The summed E-state index contributed by atoms with van der Waals surface area (Å²) >= 11 is 0. The van der Waals surface area contributed by atoms with E-state index in [2.05, 4.69) is 28.3 Å². The molecule has 0 bridgehead atoms. The summed E-state index contributed by atoms with van der Waals surface area (Å²) in [5.74, 6) is 1.36. The Bertz CT molecular complexity index is 961. The number of guanidine groups is 1. The second-order valence-corrected chi connectivity index (χ2v) is 8.38. The number of likely N-dealkylation sites (tertiary alicyclic amines) is 1. The van der Waals surface area contributed by atoms with Crippen LogP contribution in [0.25, 0.3) is 5.69 Å². The minimum Gasteiger partial charge on any atom is -0.382 e. The van der Waals surface area contributed by atoms with Gasteiger partial charge in [0, 0.05) is 38.2 Å². The van der Waals surface area contributed by atoms with Crippen LogP contribution in [0.15, 0.2) is 35.3 Å². The number of aliphatic imine (C=N–C) groups is 1. The molecule has 2 aliphatic rings. The third-order valence-corrected chi connectivity index (χ3v) is 6.20. The molecule has 0 radical (unpaired) electrons. The van der Waals surface area contributed by atoms with E-state index in [1.807, 2.05) is 30.3 Å². The molecule has 3 N–H and O–H groups in total. The number of nitrogens with one attached hydrogen (secondary N) is 1. The molecule has 1 aromatic heterocycles. The average molecular weight is 549 g/mol. The lowest BCUT2D eigenvalue weighted by Crippen LogP contribution is -2.41. The number of hydrogen-bond donors (Lipinski definition) is 2. The molecule has 0 amide bonds. The molecule has 0 saturated carbocycles. The molecule has 1 aromatic carbocycles. The quantitative estimate of drug-likeness (QED) is 0.249. The van der Waals surface area contributed by atoms with E-state index in [-0.39, 0.29) is 24.0 Å². The van der Waals surface area contributed by atoms with E-state index in [9.17, 15) is 5.26 Å². The van der Waals surface area contributed by atoms with Crippen molar-refractivity contribution in [1.82, 2.24) is 20.0 Å². The zero-order valence-electron chi connectivity index (χ0n) is 18.6. The number of para-hydroxylation sites is 1.